The van der Waals surface area contributed by atoms with Crippen LogP contribution in [0.15, 0.2) is 36.4 Å². The van der Waals surface area contributed by atoms with E-state index in [4.69, 9.17) is 10.5 Å². The Morgan fingerprint density at radius 2 is 1.58 bits per heavy atom. The molecule has 0 saturated heterocycles. The molecule has 0 aliphatic heterocycles. The van der Waals surface area contributed by atoms with E-state index in [1.165, 1.54) is 36.2 Å². The zero-order valence-corrected chi connectivity index (χ0v) is 17.2. The maximum atomic E-state index is 5.68. The molecule has 2 nitrogen and oxygen atoms in total. The highest BCUT2D eigenvalue weighted by atomic mass is 32.1. The van der Waals surface area contributed by atoms with Gasteiger partial charge in [-0.1, -0.05) is 12.2 Å². The molecule has 1 aromatic carbocycles. The van der Waals surface area contributed by atoms with Crippen molar-refractivity contribution in [2.75, 3.05) is 13.2 Å². The minimum absolute atomic E-state index is 0.660. The van der Waals surface area contributed by atoms with Crippen molar-refractivity contribution in [3.8, 4) is 16.2 Å². The van der Waals surface area contributed by atoms with E-state index in [9.17, 15) is 0 Å². The van der Waals surface area contributed by atoms with Gasteiger partial charge < -0.3 is 10.5 Å². The third-order valence-corrected chi connectivity index (χ3v) is 6.33. The zero-order chi connectivity index (χ0) is 18.5. The Balaban J connectivity index is 1.74. The molecule has 4 heteroatoms. The molecule has 0 spiro atoms. The lowest BCUT2D eigenvalue weighted by Gasteiger charge is -2.05. The molecule has 0 aliphatic rings. The number of nitrogens with two attached hydrogens (primary N) is 1. The van der Waals surface area contributed by atoms with Gasteiger partial charge in [0, 0.05) is 19.5 Å². The smallest absolute Gasteiger partial charge is 0.119 e. The quantitative estimate of drug-likeness (QED) is 0.486. The van der Waals surface area contributed by atoms with Crippen LogP contribution in [-0.4, -0.2) is 13.2 Å². The first-order chi connectivity index (χ1) is 12.6. The fraction of sp³-hybridized carbons (Fsp3) is 0.273. The molecular formula is C22H25NOS2. The summed E-state index contributed by atoms with van der Waals surface area (Å²) >= 11 is 3.68. The van der Waals surface area contributed by atoms with Crippen molar-refractivity contribution in [2.45, 2.75) is 27.2 Å². The molecule has 0 aliphatic carbocycles. The van der Waals surface area contributed by atoms with Gasteiger partial charge in [-0.05, 0) is 86.8 Å². The van der Waals surface area contributed by atoms with Crippen molar-refractivity contribution in [1.82, 2.24) is 0 Å². The van der Waals surface area contributed by atoms with Crippen molar-refractivity contribution < 1.29 is 4.74 Å². The molecule has 0 bridgehead atoms. The first-order valence-corrected chi connectivity index (χ1v) is 10.5. The highest BCUT2D eigenvalue weighted by molar-refractivity contribution is 7.15. The minimum atomic E-state index is 0.660. The molecule has 0 fully saturated rings. The second-order valence-electron chi connectivity index (χ2n) is 6.34. The largest absolute Gasteiger partial charge is 0.494 e. The maximum absolute atomic E-state index is 5.68. The average molecular weight is 384 g/mol. The fourth-order valence-electron chi connectivity index (χ4n) is 2.79. The molecule has 3 aromatic rings. The molecule has 0 atom stereocenters. The van der Waals surface area contributed by atoms with Crippen LogP contribution >= 0.6 is 22.7 Å². The maximum Gasteiger partial charge on any atom is 0.119 e. The summed E-state index contributed by atoms with van der Waals surface area (Å²) in [5, 5.41) is 0. The van der Waals surface area contributed by atoms with Gasteiger partial charge in [-0.3, -0.25) is 0 Å². The van der Waals surface area contributed by atoms with Crippen LogP contribution in [0.5, 0.6) is 5.75 Å². The van der Waals surface area contributed by atoms with Crippen molar-refractivity contribution in [3.63, 3.8) is 0 Å². The summed E-state index contributed by atoms with van der Waals surface area (Å²) in [6.07, 6.45) is 5.34. The summed E-state index contributed by atoms with van der Waals surface area (Å²) in [6, 6.07) is 12.9. The molecule has 136 valence electrons. The van der Waals surface area contributed by atoms with Crippen LogP contribution in [-0.2, 0) is 0 Å². The highest BCUT2D eigenvalue weighted by Gasteiger charge is 2.07. The monoisotopic (exact) mass is 383 g/mol. The van der Waals surface area contributed by atoms with Gasteiger partial charge in [0.05, 0.1) is 6.61 Å². The van der Waals surface area contributed by atoms with Crippen LogP contribution < -0.4 is 10.5 Å². The molecule has 0 amide bonds. The first kappa shape index (κ1) is 18.9. The van der Waals surface area contributed by atoms with E-state index < -0.39 is 0 Å². The summed E-state index contributed by atoms with van der Waals surface area (Å²) in [5.74, 6) is 0.902. The second-order valence-corrected chi connectivity index (χ2v) is 9.06. The van der Waals surface area contributed by atoms with Gasteiger partial charge in [0.1, 0.15) is 5.75 Å². The lowest BCUT2D eigenvalue weighted by Crippen LogP contribution is -2.05. The Kier molecular flexibility index (Phi) is 6.30. The lowest BCUT2D eigenvalue weighted by atomic mass is 10.1. The van der Waals surface area contributed by atoms with Gasteiger partial charge in [0.15, 0.2) is 0 Å². The summed E-state index contributed by atoms with van der Waals surface area (Å²) < 4.78 is 5.68. The normalized spacial score (nSPS) is 11.4. The molecule has 0 unspecified atom stereocenters. The fourth-order valence-corrected chi connectivity index (χ4v) is 4.72. The summed E-state index contributed by atoms with van der Waals surface area (Å²) in [6.45, 7) is 7.86. The first-order valence-electron chi connectivity index (χ1n) is 8.85. The van der Waals surface area contributed by atoms with Crippen LogP contribution in [0.2, 0.25) is 0 Å². The number of ether oxygens (including phenoxy) is 1. The van der Waals surface area contributed by atoms with E-state index >= 15 is 0 Å². The van der Waals surface area contributed by atoms with Crippen molar-refractivity contribution in [1.29, 1.82) is 0 Å². The SMILES string of the molecule is Cc1cc(/C=C\c2cc(-c3ccc(OCCCN)cc3)sc2C)c(C)s1. The zero-order valence-electron chi connectivity index (χ0n) is 15.5. The lowest BCUT2D eigenvalue weighted by molar-refractivity contribution is 0.313. The van der Waals surface area contributed by atoms with Crippen LogP contribution in [0.25, 0.3) is 22.6 Å². The summed E-state index contributed by atoms with van der Waals surface area (Å²) in [4.78, 5) is 5.36. The van der Waals surface area contributed by atoms with Gasteiger partial charge in [-0.2, -0.15) is 0 Å². The third kappa shape index (κ3) is 4.64. The molecule has 2 heterocycles. The van der Waals surface area contributed by atoms with E-state index in [2.05, 4.69) is 57.2 Å². The number of hydrogen-bond donors (Lipinski definition) is 1. The van der Waals surface area contributed by atoms with Crippen LogP contribution in [0.3, 0.4) is 0 Å². The number of benzene rings is 1. The Morgan fingerprint density at radius 1 is 0.923 bits per heavy atom. The molecule has 0 radical (unpaired) electrons. The van der Waals surface area contributed by atoms with Crippen LogP contribution in [0, 0.1) is 20.8 Å². The second kappa shape index (κ2) is 8.67. The van der Waals surface area contributed by atoms with E-state index in [1.54, 1.807) is 0 Å². The number of thiophene rings is 2. The molecular weight excluding hydrogens is 358 g/mol. The van der Waals surface area contributed by atoms with Crippen LogP contribution in [0.1, 0.15) is 32.2 Å². The predicted octanol–water partition coefficient (Wildman–Crippen LogP) is 6.30. The van der Waals surface area contributed by atoms with Gasteiger partial charge in [-0.25, -0.2) is 0 Å². The van der Waals surface area contributed by atoms with E-state index in [0.717, 1.165) is 12.2 Å². The Labute approximate surface area is 164 Å². The number of hydrogen-bond acceptors (Lipinski definition) is 4. The molecule has 2 aromatic heterocycles. The third-order valence-electron chi connectivity index (χ3n) is 4.23. The number of rotatable bonds is 7. The topological polar surface area (TPSA) is 35.2 Å². The van der Waals surface area contributed by atoms with Crippen molar-refractivity contribution >= 4 is 34.8 Å². The standard InChI is InChI=1S/C22H25NOS2/c1-15-13-19(16(2)25-15)5-6-20-14-22(26-17(20)3)18-7-9-21(10-8-18)24-12-4-11-23/h5-10,13-14H,4,11-12,23H2,1-3H3/b6-5-. The van der Waals surface area contributed by atoms with Gasteiger partial charge in [0.2, 0.25) is 0 Å². The molecule has 0 saturated carbocycles. The molecule has 26 heavy (non-hydrogen) atoms. The van der Waals surface area contributed by atoms with E-state index in [1.807, 2.05) is 34.8 Å². The number of aryl methyl sites for hydroxylation is 3. The molecule has 3 rings (SSSR count). The van der Waals surface area contributed by atoms with Crippen LogP contribution in [0.4, 0.5) is 0 Å². The Hall–Kier alpha value is -1.88. The Bertz CT molecular complexity index is 888. The minimum Gasteiger partial charge on any atom is -0.494 e. The van der Waals surface area contributed by atoms with E-state index in [-0.39, 0.29) is 0 Å². The Morgan fingerprint density at radius 3 is 2.19 bits per heavy atom. The summed E-state index contributed by atoms with van der Waals surface area (Å²) in [5.41, 5.74) is 9.33. The van der Waals surface area contributed by atoms with Crippen molar-refractivity contribution in [2.24, 2.45) is 5.73 Å². The van der Waals surface area contributed by atoms with Crippen molar-refractivity contribution in [3.05, 3.63) is 62.2 Å². The average Bonchev–Trinajstić information content (AvgIpc) is 3.15. The summed E-state index contributed by atoms with van der Waals surface area (Å²) in [7, 11) is 0. The molecule has 2 N–H and O–H groups in total. The van der Waals surface area contributed by atoms with Gasteiger partial charge >= 0.3 is 0 Å². The highest BCUT2D eigenvalue weighted by Crippen LogP contribution is 2.33. The van der Waals surface area contributed by atoms with Gasteiger partial charge in [0.25, 0.3) is 0 Å². The predicted molar refractivity (Wildman–Crippen MR) is 116 cm³/mol. The van der Waals surface area contributed by atoms with Gasteiger partial charge in [-0.15, -0.1) is 22.7 Å². The van der Waals surface area contributed by atoms with E-state index in [0.29, 0.717) is 13.2 Å².